The number of hydrogen-bond donors (Lipinski definition) is 2. The highest BCUT2D eigenvalue weighted by molar-refractivity contribution is 5.42. The quantitative estimate of drug-likeness (QED) is 0.667. The van der Waals surface area contributed by atoms with Crippen molar-refractivity contribution in [3.63, 3.8) is 0 Å². The average molecular weight is 152 g/mol. The van der Waals surface area contributed by atoms with E-state index in [1.54, 1.807) is 6.07 Å². The van der Waals surface area contributed by atoms with E-state index in [0.29, 0.717) is 0 Å². The zero-order valence-electron chi connectivity index (χ0n) is 6.77. The molecule has 3 nitrogen and oxygen atoms in total. The van der Waals surface area contributed by atoms with Crippen LogP contribution in [-0.2, 0) is 0 Å². The largest absolute Gasteiger partial charge is 0.385 e. The van der Waals surface area contributed by atoms with Gasteiger partial charge < -0.3 is 10.3 Å². The Labute approximate surface area is 65.5 Å². The van der Waals surface area contributed by atoms with E-state index in [4.69, 9.17) is 0 Å². The summed E-state index contributed by atoms with van der Waals surface area (Å²) in [6.45, 7) is 4.70. The molecule has 0 saturated carbocycles. The molecule has 0 fully saturated rings. The lowest BCUT2D eigenvalue weighted by Gasteiger charge is -2.01. The summed E-state index contributed by atoms with van der Waals surface area (Å²) >= 11 is 0. The molecule has 1 aromatic rings. The van der Waals surface area contributed by atoms with Crippen molar-refractivity contribution in [1.29, 1.82) is 0 Å². The summed E-state index contributed by atoms with van der Waals surface area (Å²) in [5, 5.41) is 3.07. The maximum atomic E-state index is 10.9. The molecule has 0 aromatic carbocycles. The molecule has 0 aliphatic heterocycles. The van der Waals surface area contributed by atoms with Gasteiger partial charge in [0.15, 0.2) is 0 Å². The van der Waals surface area contributed by atoms with E-state index in [1.165, 1.54) is 0 Å². The van der Waals surface area contributed by atoms with Gasteiger partial charge in [-0.15, -0.1) is 0 Å². The Kier molecular flexibility index (Phi) is 2.31. The molecule has 1 aromatic heterocycles. The molecule has 0 aliphatic carbocycles. The Morgan fingerprint density at radius 1 is 1.55 bits per heavy atom. The van der Waals surface area contributed by atoms with Crippen LogP contribution in [0.1, 0.15) is 12.6 Å². The van der Waals surface area contributed by atoms with Crippen LogP contribution in [0, 0.1) is 6.92 Å². The lowest BCUT2D eigenvalue weighted by molar-refractivity contribution is 1.12. The van der Waals surface area contributed by atoms with Gasteiger partial charge in [-0.25, -0.2) is 0 Å². The van der Waals surface area contributed by atoms with Gasteiger partial charge in [-0.3, -0.25) is 4.79 Å². The van der Waals surface area contributed by atoms with Crippen LogP contribution < -0.4 is 10.9 Å². The first-order valence-corrected chi connectivity index (χ1v) is 3.67. The summed E-state index contributed by atoms with van der Waals surface area (Å²) in [5.74, 6) is 0. The SMILES string of the molecule is CCNc1cc(C)[nH]c(=O)c1. The zero-order valence-corrected chi connectivity index (χ0v) is 6.77. The van der Waals surface area contributed by atoms with Crippen LogP contribution >= 0.6 is 0 Å². The summed E-state index contributed by atoms with van der Waals surface area (Å²) in [4.78, 5) is 13.6. The number of nitrogens with one attached hydrogen (secondary N) is 2. The van der Waals surface area contributed by atoms with Gasteiger partial charge in [0.1, 0.15) is 0 Å². The maximum absolute atomic E-state index is 10.9. The summed E-state index contributed by atoms with van der Waals surface area (Å²) in [7, 11) is 0. The van der Waals surface area contributed by atoms with Crippen molar-refractivity contribution in [2.24, 2.45) is 0 Å². The maximum Gasteiger partial charge on any atom is 0.250 e. The van der Waals surface area contributed by atoms with E-state index in [9.17, 15) is 4.79 Å². The molecule has 1 rings (SSSR count). The number of hydrogen-bond acceptors (Lipinski definition) is 2. The van der Waals surface area contributed by atoms with Gasteiger partial charge in [0.05, 0.1) is 0 Å². The highest BCUT2D eigenvalue weighted by Crippen LogP contribution is 2.02. The highest BCUT2D eigenvalue weighted by Gasteiger charge is 1.92. The van der Waals surface area contributed by atoms with E-state index < -0.39 is 0 Å². The van der Waals surface area contributed by atoms with Crippen LogP contribution in [0.2, 0.25) is 0 Å². The highest BCUT2D eigenvalue weighted by atomic mass is 16.1. The number of rotatable bonds is 2. The third kappa shape index (κ3) is 2.11. The molecule has 11 heavy (non-hydrogen) atoms. The van der Waals surface area contributed by atoms with E-state index in [0.717, 1.165) is 17.9 Å². The summed E-state index contributed by atoms with van der Waals surface area (Å²) in [6, 6.07) is 3.46. The fraction of sp³-hybridized carbons (Fsp3) is 0.375. The minimum absolute atomic E-state index is 0.0547. The van der Waals surface area contributed by atoms with Crippen molar-refractivity contribution < 1.29 is 0 Å². The lowest BCUT2D eigenvalue weighted by atomic mass is 10.3. The summed E-state index contributed by atoms with van der Waals surface area (Å²) < 4.78 is 0. The number of H-pyrrole nitrogens is 1. The van der Waals surface area contributed by atoms with Gasteiger partial charge in [-0.05, 0) is 19.9 Å². The molecular formula is C8H12N2O. The van der Waals surface area contributed by atoms with Crippen molar-refractivity contribution in [1.82, 2.24) is 4.98 Å². The topological polar surface area (TPSA) is 44.9 Å². The number of aryl methyl sites for hydroxylation is 1. The fourth-order valence-corrected chi connectivity index (χ4v) is 0.989. The van der Waals surface area contributed by atoms with Crippen LogP contribution in [0.25, 0.3) is 0 Å². The molecule has 60 valence electrons. The zero-order chi connectivity index (χ0) is 8.27. The van der Waals surface area contributed by atoms with Gasteiger partial charge in [0.2, 0.25) is 5.56 Å². The van der Waals surface area contributed by atoms with Gasteiger partial charge in [0.25, 0.3) is 0 Å². The predicted octanol–water partition coefficient (Wildman–Crippen LogP) is 1.12. The molecule has 0 amide bonds. The molecule has 0 spiro atoms. The average Bonchev–Trinajstić information content (AvgIpc) is 1.85. The van der Waals surface area contributed by atoms with Crippen molar-refractivity contribution in [3.8, 4) is 0 Å². The van der Waals surface area contributed by atoms with Crippen LogP contribution in [0.15, 0.2) is 16.9 Å². The van der Waals surface area contributed by atoms with Gasteiger partial charge in [-0.2, -0.15) is 0 Å². The lowest BCUT2D eigenvalue weighted by Crippen LogP contribution is -2.08. The minimum Gasteiger partial charge on any atom is -0.385 e. The molecule has 0 saturated heterocycles. The van der Waals surface area contributed by atoms with Crippen molar-refractivity contribution in [2.45, 2.75) is 13.8 Å². The molecular weight excluding hydrogens is 140 g/mol. The second-order valence-electron chi connectivity index (χ2n) is 2.45. The Hall–Kier alpha value is -1.25. The second kappa shape index (κ2) is 3.23. The first-order valence-electron chi connectivity index (χ1n) is 3.67. The van der Waals surface area contributed by atoms with Crippen molar-refractivity contribution >= 4 is 5.69 Å². The molecule has 0 atom stereocenters. The van der Waals surface area contributed by atoms with Crippen LogP contribution in [0.4, 0.5) is 5.69 Å². The molecule has 0 unspecified atom stereocenters. The molecule has 3 heteroatoms. The minimum atomic E-state index is -0.0547. The number of aromatic nitrogens is 1. The fourth-order valence-electron chi connectivity index (χ4n) is 0.989. The molecule has 0 aliphatic rings. The van der Waals surface area contributed by atoms with Crippen LogP contribution in [-0.4, -0.2) is 11.5 Å². The van der Waals surface area contributed by atoms with E-state index in [2.05, 4.69) is 10.3 Å². The monoisotopic (exact) mass is 152 g/mol. The third-order valence-electron chi connectivity index (χ3n) is 1.36. The van der Waals surface area contributed by atoms with Crippen molar-refractivity contribution in [3.05, 3.63) is 28.2 Å². The number of aromatic amines is 1. The molecule has 2 N–H and O–H groups in total. The summed E-state index contributed by atoms with van der Waals surface area (Å²) in [6.07, 6.45) is 0. The Balaban J connectivity index is 2.99. The first-order chi connectivity index (χ1) is 5.22. The van der Waals surface area contributed by atoms with Gasteiger partial charge in [-0.1, -0.05) is 0 Å². The smallest absolute Gasteiger partial charge is 0.250 e. The van der Waals surface area contributed by atoms with Gasteiger partial charge in [0, 0.05) is 24.0 Å². The molecule has 1 heterocycles. The Morgan fingerprint density at radius 3 is 2.82 bits per heavy atom. The summed E-state index contributed by atoms with van der Waals surface area (Å²) in [5.41, 5.74) is 1.71. The van der Waals surface area contributed by atoms with E-state index in [-0.39, 0.29) is 5.56 Å². The molecule has 0 bridgehead atoms. The van der Waals surface area contributed by atoms with Gasteiger partial charge >= 0.3 is 0 Å². The van der Waals surface area contributed by atoms with E-state index in [1.807, 2.05) is 19.9 Å². The number of anilines is 1. The Morgan fingerprint density at radius 2 is 2.27 bits per heavy atom. The predicted molar refractivity (Wildman–Crippen MR) is 46.0 cm³/mol. The van der Waals surface area contributed by atoms with E-state index >= 15 is 0 Å². The standard InChI is InChI=1S/C8H12N2O/c1-3-9-7-4-6(2)10-8(11)5-7/h4-5H,3H2,1-2H3,(H2,9,10,11). The van der Waals surface area contributed by atoms with Crippen LogP contribution in [0.3, 0.4) is 0 Å². The number of pyridine rings is 1. The van der Waals surface area contributed by atoms with Crippen LogP contribution in [0.5, 0.6) is 0 Å². The second-order valence-corrected chi connectivity index (χ2v) is 2.45. The first kappa shape index (κ1) is 7.85. The third-order valence-corrected chi connectivity index (χ3v) is 1.36. The Bertz CT molecular complexity index is 290. The normalized spacial score (nSPS) is 9.64. The molecule has 0 radical (unpaired) electrons. The van der Waals surface area contributed by atoms with Crippen molar-refractivity contribution in [2.75, 3.05) is 11.9 Å².